The maximum Gasteiger partial charge on any atom is 0.122 e. The SMILES string of the molecule is CCC1CNC2(CCCCC2)CN1Cc1nccn1C. The number of aryl methyl sites for hydroxylation is 1. The Labute approximate surface area is 122 Å². The van der Waals surface area contributed by atoms with E-state index in [4.69, 9.17) is 0 Å². The third-order valence-electron chi connectivity index (χ3n) is 5.28. The van der Waals surface area contributed by atoms with Crippen LogP contribution < -0.4 is 5.32 Å². The normalized spacial score (nSPS) is 27.0. The highest BCUT2D eigenvalue weighted by Gasteiger charge is 2.39. The monoisotopic (exact) mass is 276 g/mol. The minimum atomic E-state index is 0.384. The van der Waals surface area contributed by atoms with E-state index in [0.29, 0.717) is 11.6 Å². The van der Waals surface area contributed by atoms with E-state index < -0.39 is 0 Å². The van der Waals surface area contributed by atoms with Gasteiger partial charge in [0.1, 0.15) is 5.82 Å². The first-order chi connectivity index (χ1) is 9.72. The fraction of sp³-hybridized carbons (Fsp3) is 0.812. The summed E-state index contributed by atoms with van der Waals surface area (Å²) < 4.78 is 2.16. The van der Waals surface area contributed by atoms with Gasteiger partial charge >= 0.3 is 0 Å². The number of piperazine rings is 1. The molecule has 1 aromatic heterocycles. The third-order valence-corrected chi connectivity index (χ3v) is 5.28. The molecule has 0 radical (unpaired) electrons. The van der Waals surface area contributed by atoms with Gasteiger partial charge in [-0.2, -0.15) is 0 Å². The number of aromatic nitrogens is 2. The number of imidazole rings is 1. The van der Waals surface area contributed by atoms with Crippen molar-refractivity contribution < 1.29 is 0 Å². The lowest BCUT2D eigenvalue weighted by molar-refractivity contribution is 0.0461. The average Bonchev–Trinajstić information content (AvgIpc) is 2.86. The molecule has 2 fully saturated rings. The average molecular weight is 276 g/mol. The van der Waals surface area contributed by atoms with Crippen molar-refractivity contribution in [1.29, 1.82) is 0 Å². The fourth-order valence-corrected chi connectivity index (χ4v) is 3.92. The van der Waals surface area contributed by atoms with Crippen LogP contribution in [0.2, 0.25) is 0 Å². The molecule has 1 aliphatic heterocycles. The second kappa shape index (κ2) is 5.86. The number of nitrogens with one attached hydrogen (secondary N) is 1. The zero-order chi connectivity index (χ0) is 14.0. The molecule has 2 heterocycles. The maximum absolute atomic E-state index is 4.51. The smallest absolute Gasteiger partial charge is 0.122 e. The van der Waals surface area contributed by atoms with Crippen molar-refractivity contribution in [2.75, 3.05) is 13.1 Å². The van der Waals surface area contributed by atoms with Crippen LogP contribution in [0.25, 0.3) is 0 Å². The van der Waals surface area contributed by atoms with Gasteiger partial charge in [-0.25, -0.2) is 4.98 Å². The zero-order valence-electron chi connectivity index (χ0n) is 12.9. The van der Waals surface area contributed by atoms with E-state index in [9.17, 15) is 0 Å². The van der Waals surface area contributed by atoms with Gasteiger partial charge in [0.15, 0.2) is 0 Å². The molecule has 1 atom stereocenters. The Bertz CT molecular complexity index is 433. The van der Waals surface area contributed by atoms with Crippen molar-refractivity contribution in [3.63, 3.8) is 0 Å². The molecule has 0 aromatic carbocycles. The first-order valence-corrected chi connectivity index (χ1v) is 8.18. The first kappa shape index (κ1) is 14.1. The summed E-state index contributed by atoms with van der Waals surface area (Å²) in [5, 5.41) is 3.89. The van der Waals surface area contributed by atoms with Crippen molar-refractivity contribution in [2.45, 2.75) is 63.6 Å². The molecule has 1 aliphatic carbocycles. The molecule has 1 saturated heterocycles. The highest BCUT2D eigenvalue weighted by molar-refractivity contribution is 5.01. The van der Waals surface area contributed by atoms with Gasteiger partial charge in [0, 0.05) is 44.1 Å². The molecule has 112 valence electrons. The Balaban J connectivity index is 1.73. The molecular weight excluding hydrogens is 248 g/mol. The second-order valence-electron chi connectivity index (χ2n) is 6.64. The lowest BCUT2D eigenvalue weighted by Gasteiger charge is -2.49. The Kier molecular flexibility index (Phi) is 4.13. The topological polar surface area (TPSA) is 33.1 Å². The van der Waals surface area contributed by atoms with Gasteiger partial charge in [0.2, 0.25) is 0 Å². The van der Waals surface area contributed by atoms with Gasteiger partial charge in [0.25, 0.3) is 0 Å². The predicted molar refractivity (Wildman–Crippen MR) is 81.5 cm³/mol. The molecule has 4 nitrogen and oxygen atoms in total. The Morgan fingerprint density at radius 3 is 2.80 bits per heavy atom. The lowest BCUT2D eigenvalue weighted by Crippen LogP contribution is -2.64. The fourth-order valence-electron chi connectivity index (χ4n) is 3.92. The van der Waals surface area contributed by atoms with E-state index in [0.717, 1.165) is 13.1 Å². The van der Waals surface area contributed by atoms with Crippen molar-refractivity contribution in [3.8, 4) is 0 Å². The molecule has 0 amide bonds. The molecule has 3 rings (SSSR count). The van der Waals surface area contributed by atoms with Crippen molar-refractivity contribution in [1.82, 2.24) is 19.8 Å². The summed E-state index contributed by atoms with van der Waals surface area (Å²) >= 11 is 0. The van der Waals surface area contributed by atoms with Crippen molar-refractivity contribution in [2.24, 2.45) is 7.05 Å². The summed E-state index contributed by atoms with van der Waals surface area (Å²) in [7, 11) is 2.10. The van der Waals surface area contributed by atoms with E-state index in [-0.39, 0.29) is 0 Å². The van der Waals surface area contributed by atoms with Gasteiger partial charge in [-0.05, 0) is 19.3 Å². The lowest BCUT2D eigenvalue weighted by atomic mass is 9.79. The largest absolute Gasteiger partial charge is 0.337 e. The minimum absolute atomic E-state index is 0.384. The molecular formula is C16H28N4. The van der Waals surface area contributed by atoms with E-state index in [1.807, 2.05) is 6.20 Å². The van der Waals surface area contributed by atoms with Crippen LogP contribution in [0.5, 0.6) is 0 Å². The van der Waals surface area contributed by atoms with Crippen LogP contribution in [0, 0.1) is 0 Å². The maximum atomic E-state index is 4.51. The van der Waals surface area contributed by atoms with E-state index in [1.54, 1.807) is 0 Å². The highest BCUT2D eigenvalue weighted by Crippen LogP contribution is 2.32. The number of hydrogen-bond acceptors (Lipinski definition) is 3. The predicted octanol–water partition coefficient (Wildman–Crippen LogP) is 2.31. The van der Waals surface area contributed by atoms with Crippen LogP contribution >= 0.6 is 0 Å². The van der Waals surface area contributed by atoms with Crippen LogP contribution in [0.15, 0.2) is 12.4 Å². The molecule has 0 bridgehead atoms. The molecule has 1 spiro atoms. The molecule has 1 aromatic rings. The van der Waals surface area contributed by atoms with Gasteiger partial charge < -0.3 is 9.88 Å². The zero-order valence-corrected chi connectivity index (χ0v) is 12.9. The molecule has 1 unspecified atom stereocenters. The van der Waals surface area contributed by atoms with Crippen LogP contribution in [0.4, 0.5) is 0 Å². The number of nitrogens with zero attached hydrogens (tertiary/aromatic N) is 3. The Morgan fingerprint density at radius 1 is 1.35 bits per heavy atom. The molecule has 2 aliphatic rings. The van der Waals surface area contributed by atoms with Gasteiger partial charge in [-0.15, -0.1) is 0 Å². The number of rotatable bonds is 3. The second-order valence-corrected chi connectivity index (χ2v) is 6.64. The third kappa shape index (κ3) is 2.77. The van der Waals surface area contributed by atoms with Crippen LogP contribution in [0.1, 0.15) is 51.3 Å². The summed E-state index contributed by atoms with van der Waals surface area (Å²) in [5.74, 6) is 1.19. The minimum Gasteiger partial charge on any atom is -0.337 e. The molecule has 1 N–H and O–H groups in total. The van der Waals surface area contributed by atoms with E-state index in [2.05, 4.69) is 39.9 Å². The van der Waals surface area contributed by atoms with Crippen molar-refractivity contribution in [3.05, 3.63) is 18.2 Å². The van der Waals surface area contributed by atoms with Gasteiger partial charge in [-0.3, -0.25) is 4.90 Å². The summed E-state index contributed by atoms with van der Waals surface area (Å²) in [5.41, 5.74) is 0.384. The molecule has 20 heavy (non-hydrogen) atoms. The van der Waals surface area contributed by atoms with Gasteiger partial charge in [0.05, 0.1) is 6.54 Å². The highest BCUT2D eigenvalue weighted by atomic mass is 15.3. The van der Waals surface area contributed by atoms with Crippen LogP contribution in [0.3, 0.4) is 0 Å². The van der Waals surface area contributed by atoms with Gasteiger partial charge in [-0.1, -0.05) is 26.2 Å². The summed E-state index contributed by atoms with van der Waals surface area (Å²) in [6.07, 6.45) is 12.1. The van der Waals surface area contributed by atoms with Crippen molar-refractivity contribution >= 4 is 0 Å². The Morgan fingerprint density at radius 2 is 2.15 bits per heavy atom. The first-order valence-electron chi connectivity index (χ1n) is 8.18. The van der Waals surface area contributed by atoms with Crippen LogP contribution in [-0.2, 0) is 13.6 Å². The molecule has 4 heteroatoms. The van der Waals surface area contributed by atoms with E-state index in [1.165, 1.54) is 50.9 Å². The Hall–Kier alpha value is -0.870. The summed E-state index contributed by atoms with van der Waals surface area (Å²) in [6.45, 7) is 5.63. The number of hydrogen-bond donors (Lipinski definition) is 1. The summed E-state index contributed by atoms with van der Waals surface area (Å²) in [6, 6.07) is 0.652. The standard InChI is InChI=1S/C16H28N4/c1-3-14-11-18-16(7-5-4-6-8-16)13-20(14)12-15-17-9-10-19(15)2/h9-10,14,18H,3-8,11-13H2,1-2H3. The molecule has 1 saturated carbocycles. The van der Waals surface area contributed by atoms with E-state index >= 15 is 0 Å². The van der Waals surface area contributed by atoms with Crippen LogP contribution in [-0.4, -0.2) is 39.1 Å². The quantitative estimate of drug-likeness (QED) is 0.919. The summed E-state index contributed by atoms with van der Waals surface area (Å²) in [4.78, 5) is 7.18.